The summed E-state index contributed by atoms with van der Waals surface area (Å²) in [5.74, 6) is 0.925. The van der Waals surface area contributed by atoms with Crippen LogP contribution in [-0.2, 0) is 6.42 Å². The number of benzene rings is 1. The highest BCUT2D eigenvalue weighted by Gasteiger charge is 2.30. The van der Waals surface area contributed by atoms with E-state index < -0.39 is 0 Å². The molecule has 1 aliphatic heterocycles. The Morgan fingerprint density at radius 2 is 2.19 bits per heavy atom. The van der Waals surface area contributed by atoms with Gasteiger partial charge in [0.15, 0.2) is 0 Å². The highest BCUT2D eigenvalue weighted by Crippen LogP contribution is 2.31. The second kappa shape index (κ2) is 4.07. The smallest absolute Gasteiger partial charge is 0.119 e. The van der Waals surface area contributed by atoms with Gasteiger partial charge in [0, 0.05) is 11.6 Å². The number of hydrogen-bond acceptors (Lipinski definition) is 3. The van der Waals surface area contributed by atoms with E-state index >= 15 is 0 Å². The quantitative estimate of drug-likeness (QED) is 0.796. The van der Waals surface area contributed by atoms with Crippen LogP contribution in [0.4, 0.5) is 0 Å². The lowest BCUT2D eigenvalue weighted by atomic mass is 9.83. The number of fused-ring (bicyclic) bond motifs is 1. The van der Waals surface area contributed by atoms with Crippen molar-refractivity contribution >= 4 is 0 Å². The molecule has 1 atom stereocenters. The van der Waals surface area contributed by atoms with Gasteiger partial charge >= 0.3 is 0 Å². The molecule has 1 aromatic carbocycles. The number of nitrogens with one attached hydrogen (secondary N) is 1. The monoisotopic (exact) mass is 220 g/mol. The van der Waals surface area contributed by atoms with Gasteiger partial charge in [-0.1, -0.05) is 6.07 Å². The van der Waals surface area contributed by atoms with Crippen LogP contribution in [0.5, 0.6) is 5.75 Å². The first-order chi connectivity index (χ1) is 7.52. The number of ether oxygens (including phenoxy) is 1. The fraction of sp³-hybridized carbons (Fsp3) is 0.538. The standard InChI is InChI=1S/C13H20N2O/c1-13(2,14)12-11-5-4-10(16-3)8-9(11)6-7-15-12/h4-5,8,12,15H,6-7,14H2,1-3H3. The summed E-state index contributed by atoms with van der Waals surface area (Å²) in [6.45, 7) is 5.10. The summed E-state index contributed by atoms with van der Waals surface area (Å²) >= 11 is 0. The van der Waals surface area contributed by atoms with E-state index in [1.54, 1.807) is 7.11 Å². The minimum atomic E-state index is -0.246. The minimum absolute atomic E-state index is 0.224. The Labute approximate surface area is 97.0 Å². The van der Waals surface area contributed by atoms with Gasteiger partial charge in [0.05, 0.1) is 7.11 Å². The third-order valence-electron chi connectivity index (χ3n) is 3.15. The molecule has 1 aliphatic rings. The van der Waals surface area contributed by atoms with Crippen LogP contribution < -0.4 is 15.8 Å². The van der Waals surface area contributed by atoms with E-state index in [0.29, 0.717) is 0 Å². The SMILES string of the molecule is COc1ccc2c(c1)CCNC2C(C)(C)N. The maximum Gasteiger partial charge on any atom is 0.119 e. The van der Waals surface area contributed by atoms with Gasteiger partial charge in [0.25, 0.3) is 0 Å². The summed E-state index contributed by atoms with van der Waals surface area (Å²) < 4.78 is 5.25. The molecular formula is C13H20N2O. The summed E-state index contributed by atoms with van der Waals surface area (Å²) in [6.07, 6.45) is 1.04. The Morgan fingerprint density at radius 3 is 2.81 bits per heavy atom. The van der Waals surface area contributed by atoms with Crippen LogP contribution in [0.2, 0.25) is 0 Å². The molecule has 0 aliphatic carbocycles. The van der Waals surface area contributed by atoms with Gasteiger partial charge in [-0.25, -0.2) is 0 Å². The molecule has 0 fully saturated rings. The molecule has 3 N–H and O–H groups in total. The second-order valence-corrected chi connectivity index (χ2v) is 5.02. The lowest BCUT2D eigenvalue weighted by molar-refractivity contribution is 0.336. The molecule has 0 radical (unpaired) electrons. The van der Waals surface area contributed by atoms with Crippen molar-refractivity contribution in [2.75, 3.05) is 13.7 Å². The van der Waals surface area contributed by atoms with Gasteiger partial charge in [-0.2, -0.15) is 0 Å². The molecule has 0 saturated heterocycles. The second-order valence-electron chi connectivity index (χ2n) is 5.02. The van der Waals surface area contributed by atoms with Gasteiger partial charge in [0.1, 0.15) is 5.75 Å². The fourth-order valence-corrected chi connectivity index (χ4v) is 2.33. The minimum Gasteiger partial charge on any atom is -0.497 e. The van der Waals surface area contributed by atoms with Crippen LogP contribution in [0.3, 0.4) is 0 Å². The number of hydrogen-bond donors (Lipinski definition) is 2. The molecule has 0 amide bonds. The van der Waals surface area contributed by atoms with E-state index in [1.165, 1.54) is 11.1 Å². The van der Waals surface area contributed by atoms with Gasteiger partial charge in [-0.15, -0.1) is 0 Å². The summed E-state index contributed by atoms with van der Waals surface area (Å²) in [6, 6.07) is 6.47. The van der Waals surface area contributed by atoms with Crippen molar-refractivity contribution in [2.45, 2.75) is 31.8 Å². The van der Waals surface area contributed by atoms with Crippen LogP contribution in [-0.4, -0.2) is 19.2 Å². The average molecular weight is 220 g/mol. The van der Waals surface area contributed by atoms with Crippen molar-refractivity contribution in [3.63, 3.8) is 0 Å². The molecule has 16 heavy (non-hydrogen) atoms. The zero-order chi connectivity index (χ0) is 11.8. The average Bonchev–Trinajstić information content (AvgIpc) is 2.26. The number of nitrogens with two attached hydrogens (primary N) is 1. The van der Waals surface area contributed by atoms with Crippen molar-refractivity contribution in [2.24, 2.45) is 5.73 Å². The van der Waals surface area contributed by atoms with E-state index in [0.717, 1.165) is 18.7 Å². The Hall–Kier alpha value is -1.06. The molecule has 1 aromatic rings. The molecule has 0 saturated carbocycles. The zero-order valence-corrected chi connectivity index (χ0v) is 10.2. The summed E-state index contributed by atoms with van der Waals surface area (Å²) in [4.78, 5) is 0. The first-order valence-corrected chi connectivity index (χ1v) is 5.71. The van der Waals surface area contributed by atoms with Gasteiger partial charge in [-0.3, -0.25) is 0 Å². The zero-order valence-electron chi connectivity index (χ0n) is 10.2. The Morgan fingerprint density at radius 1 is 1.44 bits per heavy atom. The Balaban J connectivity index is 2.40. The number of methoxy groups -OCH3 is 1. The largest absolute Gasteiger partial charge is 0.497 e. The Kier molecular flexibility index (Phi) is 2.91. The number of rotatable bonds is 2. The molecule has 2 rings (SSSR count). The van der Waals surface area contributed by atoms with E-state index in [1.807, 2.05) is 6.07 Å². The molecular weight excluding hydrogens is 200 g/mol. The highest BCUT2D eigenvalue weighted by atomic mass is 16.5. The molecule has 0 spiro atoms. The van der Waals surface area contributed by atoms with E-state index in [2.05, 4.69) is 31.3 Å². The van der Waals surface area contributed by atoms with Gasteiger partial charge < -0.3 is 15.8 Å². The van der Waals surface area contributed by atoms with E-state index in [-0.39, 0.29) is 11.6 Å². The first kappa shape index (κ1) is 11.4. The molecule has 0 aromatic heterocycles. The van der Waals surface area contributed by atoms with Crippen LogP contribution in [0, 0.1) is 0 Å². The van der Waals surface area contributed by atoms with Crippen LogP contribution in [0.15, 0.2) is 18.2 Å². The van der Waals surface area contributed by atoms with Crippen molar-refractivity contribution in [1.82, 2.24) is 5.32 Å². The summed E-state index contributed by atoms with van der Waals surface area (Å²) in [7, 11) is 1.70. The third kappa shape index (κ3) is 2.06. The van der Waals surface area contributed by atoms with Crippen LogP contribution >= 0.6 is 0 Å². The third-order valence-corrected chi connectivity index (χ3v) is 3.15. The lowest BCUT2D eigenvalue weighted by Gasteiger charge is -2.36. The maximum atomic E-state index is 6.20. The fourth-order valence-electron chi connectivity index (χ4n) is 2.33. The van der Waals surface area contributed by atoms with Gasteiger partial charge in [-0.05, 0) is 50.1 Å². The first-order valence-electron chi connectivity index (χ1n) is 5.71. The molecule has 88 valence electrons. The lowest BCUT2D eigenvalue weighted by Crippen LogP contribution is -2.49. The molecule has 3 nitrogen and oxygen atoms in total. The van der Waals surface area contributed by atoms with Crippen LogP contribution in [0.25, 0.3) is 0 Å². The van der Waals surface area contributed by atoms with Crippen molar-refractivity contribution in [3.05, 3.63) is 29.3 Å². The molecule has 1 heterocycles. The normalized spacial score (nSPS) is 20.4. The van der Waals surface area contributed by atoms with Crippen LogP contribution in [0.1, 0.15) is 31.0 Å². The van der Waals surface area contributed by atoms with Crippen molar-refractivity contribution < 1.29 is 4.74 Å². The molecule has 1 unspecified atom stereocenters. The topological polar surface area (TPSA) is 47.3 Å². The van der Waals surface area contributed by atoms with Crippen molar-refractivity contribution in [3.8, 4) is 5.75 Å². The molecule has 0 bridgehead atoms. The van der Waals surface area contributed by atoms with E-state index in [9.17, 15) is 0 Å². The Bertz CT molecular complexity index is 382. The van der Waals surface area contributed by atoms with Gasteiger partial charge in [0.2, 0.25) is 0 Å². The maximum absolute atomic E-state index is 6.20. The summed E-state index contributed by atoms with van der Waals surface area (Å²) in [5, 5.41) is 3.49. The predicted molar refractivity (Wildman–Crippen MR) is 65.7 cm³/mol. The van der Waals surface area contributed by atoms with Crippen molar-refractivity contribution in [1.29, 1.82) is 0 Å². The summed E-state index contributed by atoms with van der Waals surface area (Å²) in [5.41, 5.74) is 8.61. The van der Waals surface area contributed by atoms with E-state index in [4.69, 9.17) is 10.5 Å². The highest BCUT2D eigenvalue weighted by molar-refractivity contribution is 5.40. The predicted octanol–water partition coefficient (Wildman–Crippen LogP) is 1.62. The molecule has 3 heteroatoms.